The van der Waals surface area contributed by atoms with Gasteiger partial charge < -0.3 is 9.84 Å². The van der Waals surface area contributed by atoms with Crippen LogP contribution >= 0.6 is 0 Å². The first-order chi connectivity index (χ1) is 12.8. The van der Waals surface area contributed by atoms with E-state index in [1.165, 1.54) is 24.3 Å². The third kappa shape index (κ3) is 4.87. The number of aryl methyl sites for hydroxylation is 1. The Morgan fingerprint density at radius 1 is 1.07 bits per heavy atom. The predicted octanol–water partition coefficient (Wildman–Crippen LogP) is 4.46. The fourth-order valence-corrected chi connectivity index (χ4v) is 2.59. The molecule has 0 saturated heterocycles. The molecule has 0 atom stereocenters. The van der Waals surface area contributed by atoms with Gasteiger partial charge in [-0.15, -0.1) is 13.2 Å². The fraction of sp³-hybridized carbons (Fsp3) is 0.158. The van der Waals surface area contributed by atoms with Crippen molar-refractivity contribution in [3.8, 4) is 22.7 Å². The summed E-state index contributed by atoms with van der Waals surface area (Å²) in [5, 5.41) is 13.3. The SMILES string of the molecule is O=C(O)CCc1cc(-c2ccccc2)n(-c2ccc(OC(F)(F)F)cc2)n1. The maximum absolute atomic E-state index is 12.3. The Morgan fingerprint density at radius 3 is 2.33 bits per heavy atom. The van der Waals surface area contributed by atoms with E-state index in [1.807, 2.05) is 30.3 Å². The molecule has 8 heteroatoms. The van der Waals surface area contributed by atoms with Gasteiger partial charge in [-0.25, -0.2) is 4.68 Å². The van der Waals surface area contributed by atoms with Gasteiger partial charge in [0.15, 0.2) is 0 Å². The number of hydrogen-bond donors (Lipinski definition) is 1. The van der Waals surface area contributed by atoms with Crippen molar-refractivity contribution >= 4 is 5.97 Å². The zero-order chi connectivity index (χ0) is 19.4. The lowest BCUT2D eigenvalue weighted by Gasteiger charge is -2.11. The van der Waals surface area contributed by atoms with Crippen LogP contribution in [-0.2, 0) is 11.2 Å². The summed E-state index contributed by atoms with van der Waals surface area (Å²) >= 11 is 0. The predicted molar refractivity (Wildman–Crippen MR) is 91.6 cm³/mol. The topological polar surface area (TPSA) is 64.3 Å². The van der Waals surface area contributed by atoms with E-state index in [1.54, 1.807) is 10.7 Å². The molecule has 1 aromatic heterocycles. The summed E-state index contributed by atoms with van der Waals surface area (Å²) < 4.78 is 42.4. The number of carboxylic acids is 1. The Hall–Kier alpha value is -3.29. The number of alkyl halides is 3. The average molecular weight is 376 g/mol. The number of carboxylic acid groups (broad SMARTS) is 1. The van der Waals surface area contributed by atoms with Gasteiger partial charge in [0.25, 0.3) is 0 Å². The molecule has 0 unspecified atom stereocenters. The van der Waals surface area contributed by atoms with E-state index in [9.17, 15) is 18.0 Å². The van der Waals surface area contributed by atoms with Crippen molar-refractivity contribution in [2.24, 2.45) is 0 Å². The highest BCUT2D eigenvalue weighted by Gasteiger charge is 2.31. The summed E-state index contributed by atoms with van der Waals surface area (Å²) in [7, 11) is 0. The van der Waals surface area contributed by atoms with Crippen LogP contribution in [0.4, 0.5) is 13.2 Å². The number of nitrogens with zero attached hydrogens (tertiary/aromatic N) is 2. The molecule has 1 heterocycles. The third-order valence-corrected chi connectivity index (χ3v) is 3.74. The van der Waals surface area contributed by atoms with Gasteiger partial charge in [0.2, 0.25) is 0 Å². The molecule has 0 aliphatic carbocycles. The molecule has 27 heavy (non-hydrogen) atoms. The lowest BCUT2D eigenvalue weighted by atomic mass is 10.1. The minimum atomic E-state index is -4.76. The number of aliphatic carboxylic acids is 1. The summed E-state index contributed by atoms with van der Waals surface area (Å²) in [6.45, 7) is 0. The first kappa shape index (κ1) is 18.5. The molecule has 0 aliphatic heterocycles. The van der Waals surface area contributed by atoms with Crippen LogP contribution in [0.3, 0.4) is 0 Å². The number of hydrogen-bond acceptors (Lipinski definition) is 3. The molecule has 0 bridgehead atoms. The second kappa shape index (κ2) is 7.53. The van der Waals surface area contributed by atoms with Crippen molar-refractivity contribution < 1.29 is 27.8 Å². The number of benzene rings is 2. The molecule has 3 rings (SSSR count). The molecule has 0 spiro atoms. The number of rotatable bonds is 6. The second-order valence-corrected chi connectivity index (χ2v) is 5.73. The van der Waals surface area contributed by atoms with E-state index in [2.05, 4.69) is 9.84 Å². The molecule has 140 valence electrons. The first-order valence-corrected chi connectivity index (χ1v) is 8.04. The van der Waals surface area contributed by atoms with Crippen molar-refractivity contribution in [3.63, 3.8) is 0 Å². The van der Waals surface area contributed by atoms with E-state index in [0.717, 1.165) is 5.56 Å². The summed E-state index contributed by atoms with van der Waals surface area (Å²) in [6.07, 6.45) is -4.58. The molecule has 0 fully saturated rings. The Morgan fingerprint density at radius 2 is 1.74 bits per heavy atom. The monoisotopic (exact) mass is 376 g/mol. The minimum absolute atomic E-state index is 0.0659. The third-order valence-electron chi connectivity index (χ3n) is 3.74. The number of ether oxygens (including phenoxy) is 1. The average Bonchev–Trinajstić information content (AvgIpc) is 3.04. The summed E-state index contributed by atoms with van der Waals surface area (Å²) in [5.74, 6) is -1.26. The molecule has 0 aliphatic rings. The van der Waals surface area contributed by atoms with Crippen LogP contribution in [0.5, 0.6) is 5.75 Å². The van der Waals surface area contributed by atoms with Crippen LogP contribution in [0.15, 0.2) is 60.7 Å². The quantitative estimate of drug-likeness (QED) is 0.690. The Bertz CT molecular complexity index is 920. The minimum Gasteiger partial charge on any atom is -0.481 e. The van der Waals surface area contributed by atoms with Crippen LogP contribution in [-0.4, -0.2) is 27.2 Å². The van der Waals surface area contributed by atoms with Crippen LogP contribution in [0.25, 0.3) is 16.9 Å². The van der Waals surface area contributed by atoms with E-state index in [0.29, 0.717) is 17.1 Å². The molecule has 0 radical (unpaired) electrons. The number of halogens is 3. The lowest BCUT2D eigenvalue weighted by Crippen LogP contribution is -2.17. The van der Waals surface area contributed by atoms with E-state index in [-0.39, 0.29) is 18.6 Å². The van der Waals surface area contributed by atoms with Crippen LogP contribution < -0.4 is 4.74 Å². The van der Waals surface area contributed by atoms with E-state index >= 15 is 0 Å². The molecule has 5 nitrogen and oxygen atoms in total. The van der Waals surface area contributed by atoms with Crippen molar-refractivity contribution in [2.45, 2.75) is 19.2 Å². The fourth-order valence-electron chi connectivity index (χ4n) is 2.59. The molecular weight excluding hydrogens is 361 g/mol. The second-order valence-electron chi connectivity index (χ2n) is 5.73. The number of carbonyl (C=O) groups is 1. The van der Waals surface area contributed by atoms with Gasteiger partial charge in [0.1, 0.15) is 5.75 Å². The standard InChI is InChI=1S/C19H15F3N2O3/c20-19(21,22)27-16-9-7-15(8-10-16)24-17(13-4-2-1-3-5-13)12-14(23-24)6-11-18(25)26/h1-5,7-10,12H,6,11H2,(H,25,26). The summed E-state index contributed by atoms with van der Waals surface area (Å²) in [5.41, 5.74) is 2.67. The van der Waals surface area contributed by atoms with Crippen molar-refractivity contribution in [2.75, 3.05) is 0 Å². The number of aromatic nitrogens is 2. The van der Waals surface area contributed by atoms with E-state index < -0.39 is 12.3 Å². The highest BCUT2D eigenvalue weighted by Crippen LogP contribution is 2.27. The Balaban J connectivity index is 1.96. The molecule has 3 aromatic rings. The van der Waals surface area contributed by atoms with Gasteiger partial charge in [-0.1, -0.05) is 30.3 Å². The van der Waals surface area contributed by atoms with Gasteiger partial charge in [0, 0.05) is 12.0 Å². The normalized spacial score (nSPS) is 11.4. The zero-order valence-electron chi connectivity index (χ0n) is 14.0. The molecular formula is C19H15F3N2O3. The van der Waals surface area contributed by atoms with Gasteiger partial charge >= 0.3 is 12.3 Å². The van der Waals surface area contributed by atoms with Crippen LogP contribution in [0.1, 0.15) is 12.1 Å². The van der Waals surface area contributed by atoms with Crippen LogP contribution in [0.2, 0.25) is 0 Å². The molecule has 0 amide bonds. The summed E-state index contributed by atoms with van der Waals surface area (Å²) in [6, 6.07) is 16.4. The van der Waals surface area contributed by atoms with E-state index in [4.69, 9.17) is 5.11 Å². The maximum Gasteiger partial charge on any atom is 0.573 e. The van der Waals surface area contributed by atoms with Crippen molar-refractivity contribution in [3.05, 3.63) is 66.4 Å². The van der Waals surface area contributed by atoms with Gasteiger partial charge in [-0.2, -0.15) is 5.10 Å². The smallest absolute Gasteiger partial charge is 0.481 e. The highest BCUT2D eigenvalue weighted by molar-refractivity contribution is 5.67. The maximum atomic E-state index is 12.3. The Labute approximate surface area is 152 Å². The largest absolute Gasteiger partial charge is 0.573 e. The zero-order valence-corrected chi connectivity index (χ0v) is 14.0. The molecule has 2 aromatic carbocycles. The molecule has 1 N–H and O–H groups in total. The molecule has 0 saturated carbocycles. The van der Waals surface area contributed by atoms with Crippen molar-refractivity contribution in [1.29, 1.82) is 0 Å². The van der Waals surface area contributed by atoms with Gasteiger partial charge in [0.05, 0.1) is 23.5 Å². The van der Waals surface area contributed by atoms with Crippen molar-refractivity contribution in [1.82, 2.24) is 9.78 Å². The Kier molecular flexibility index (Phi) is 5.16. The first-order valence-electron chi connectivity index (χ1n) is 8.04. The lowest BCUT2D eigenvalue weighted by molar-refractivity contribution is -0.274. The summed E-state index contributed by atoms with van der Waals surface area (Å²) in [4.78, 5) is 10.8. The van der Waals surface area contributed by atoms with Gasteiger partial charge in [-0.3, -0.25) is 4.79 Å². The van der Waals surface area contributed by atoms with Crippen LogP contribution in [0, 0.1) is 0 Å². The highest BCUT2D eigenvalue weighted by atomic mass is 19.4. The van der Waals surface area contributed by atoms with Gasteiger partial charge in [-0.05, 0) is 30.3 Å².